The Bertz CT molecular complexity index is 14.4. The van der Waals surface area contributed by atoms with Crippen molar-refractivity contribution in [3.8, 4) is 0 Å². The Morgan fingerprint density at radius 1 is 2.00 bits per heavy atom. The van der Waals surface area contributed by atoms with Gasteiger partial charge in [0.15, 0.2) is 0 Å². The van der Waals surface area contributed by atoms with E-state index in [-0.39, 0.29) is 20.9 Å². The fraction of sp³-hybridized carbons (Fsp3) is 0. The topological polar surface area (TPSA) is 0 Å². The van der Waals surface area contributed by atoms with Gasteiger partial charge in [-0.25, -0.2) is 19.6 Å². The van der Waals surface area contributed by atoms with Crippen LogP contribution < -0.4 is 0 Å². The first-order valence-electron chi connectivity index (χ1n) is 0.816. The van der Waals surface area contributed by atoms with Crippen LogP contribution in [0.3, 0.4) is 0 Å². The van der Waals surface area contributed by atoms with Crippen molar-refractivity contribution in [3.63, 3.8) is 0 Å². The Kier molecular flexibility index (Phi) is 23.5. The van der Waals surface area contributed by atoms with Crippen molar-refractivity contribution < 1.29 is 20.9 Å². The third-order valence-electron chi connectivity index (χ3n) is 0. The molecule has 0 aliphatic heterocycles. The molecule has 0 aromatic heterocycles. The number of allylic oxidation sites excluding steroid dienone is 1. The van der Waals surface area contributed by atoms with Crippen LogP contribution in [0.2, 0.25) is 0 Å². The SMILES string of the molecule is C=C[CH2-].[H-].[Zn+2]. The molecule has 0 nitrogen and oxygen atoms in total. The molecule has 0 saturated carbocycles. The summed E-state index contributed by atoms with van der Waals surface area (Å²) >= 11 is 0. The largest absolute Gasteiger partial charge is 2.00 e. The molecule has 0 amide bonds. The molecule has 0 aromatic carbocycles. The third kappa shape index (κ3) is 62.4. The number of rotatable bonds is 0. The van der Waals surface area contributed by atoms with Gasteiger partial charge in [0, 0.05) is 0 Å². The summed E-state index contributed by atoms with van der Waals surface area (Å²) in [5.74, 6) is 0. The van der Waals surface area contributed by atoms with Crippen LogP contribution in [-0.2, 0) is 19.5 Å². The molecule has 4 heavy (non-hydrogen) atoms. The van der Waals surface area contributed by atoms with E-state index >= 15 is 0 Å². The fourth-order valence-corrected chi connectivity index (χ4v) is 0. The molecule has 0 atom stereocenters. The van der Waals surface area contributed by atoms with Crippen molar-refractivity contribution in [2.24, 2.45) is 0 Å². The van der Waals surface area contributed by atoms with Crippen molar-refractivity contribution in [3.05, 3.63) is 19.6 Å². The van der Waals surface area contributed by atoms with Crippen molar-refractivity contribution in [2.45, 2.75) is 0 Å². The molecule has 0 fully saturated rings. The number of hydrogen-bond donors (Lipinski definition) is 0. The van der Waals surface area contributed by atoms with Gasteiger partial charge in [0.05, 0.1) is 0 Å². The zero-order valence-electron chi connectivity index (χ0n) is 3.70. The van der Waals surface area contributed by atoms with E-state index in [0.717, 1.165) is 0 Å². The van der Waals surface area contributed by atoms with Crippen LogP contribution in [0.15, 0.2) is 12.7 Å². The molecule has 0 N–H and O–H groups in total. The van der Waals surface area contributed by atoms with Gasteiger partial charge in [0.2, 0.25) is 0 Å². The van der Waals surface area contributed by atoms with Crippen LogP contribution in [0.4, 0.5) is 0 Å². The monoisotopic (exact) mass is 106 g/mol. The van der Waals surface area contributed by atoms with Gasteiger partial charge < -0.3 is 1.43 Å². The molecule has 0 aliphatic carbocycles. The van der Waals surface area contributed by atoms with Gasteiger partial charge in [-0.05, 0) is 0 Å². The minimum Gasteiger partial charge on any atom is -1.00 e. The van der Waals surface area contributed by atoms with Crippen LogP contribution in [0.1, 0.15) is 1.43 Å². The van der Waals surface area contributed by atoms with Gasteiger partial charge in [-0.15, -0.1) is 0 Å². The summed E-state index contributed by atoms with van der Waals surface area (Å²) in [7, 11) is 0. The van der Waals surface area contributed by atoms with Crippen LogP contribution in [0.25, 0.3) is 0 Å². The zero-order chi connectivity index (χ0) is 2.71. The molecular weight excluding hydrogens is 101 g/mol. The van der Waals surface area contributed by atoms with Gasteiger partial charge in [0.1, 0.15) is 0 Å². The average Bonchev–Trinajstić information content (AvgIpc) is 0.918. The summed E-state index contributed by atoms with van der Waals surface area (Å²) in [6.45, 7) is 6.50. The maximum Gasteiger partial charge on any atom is 2.00 e. The molecule has 0 aliphatic rings. The summed E-state index contributed by atoms with van der Waals surface area (Å²) in [5.41, 5.74) is 0. The summed E-state index contributed by atoms with van der Waals surface area (Å²) < 4.78 is 0. The Balaban J connectivity index is -0.0000000200. The van der Waals surface area contributed by atoms with Gasteiger partial charge in [-0.3, -0.25) is 0 Å². The van der Waals surface area contributed by atoms with E-state index in [1.807, 2.05) is 0 Å². The van der Waals surface area contributed by atoms with Crippen molar-refractivity contribution in [2.75, 3.05) is 0 Å². The van der Waals surface area contributed by atoms with Crippen LogP contribution >= 0.6 is 0 Å². The van der Waals surface area contributed by atoms with E-state index in [0.29, 0.717) is 0 Å². The maximum atomic E-state index is 3.25. The molecule has 0 saturated heterocycles. The fourth-order valence-electron chi connectivity index (χ4n) is 0. The van der Waals surface area contributed by atoms with E-state index in [9.17, 15) is 0 Å². The van der Waals surface area contributed by atoms with E-state index in [4.69, 9.17) is 0 Å². The Hall–Kier alpha value is 0.233. The summed E-state index contributed by atoms with van der Waals surface area (Å²) in [5, 5.41) is 0. The minimum atomic E-state index is 0. The molecule has 0 bridgehead atoms. The summed E-state index contributed by atoms with van der Waals surface area (Å²) in [6.07, 6.45) is 1.50. The van der Waals surface area contributed by atoms with Crippen LogP contribution in [0.5, 0.6) is 0 Å². The van der Waals surface area contributed by atoms with Gasteiger partial charge >= 0.3 is 19.5 Å². The van der Waals surface area contributed by atoms with Gasteiger partial charge in [0.25, 0.3) is 0 Å². The predicted octanol–water partition coefficient (Wildman–Crippen LogP) is 1.12. The standard InChI is InChI=1S/C3H5.Zn.H/c1-3-2;;/h3H,1-2H2;;/q-1;+2;-1. The van der Waals surface area contributed by atoms with Gasteiger partial charge in [-0.2, -0.15) is 0 Å². The first-order valence-corrected chi connectivity index (χ1v) is 0.816. The second-order valence-corrected chi connectivity index (χ2v) is 0.289. The second kappa shape index (κ2) is 10.6. The first-order chi connectivity index (χ1) is 1.41. The normalized spacial score (nSPS) is 3.00. The smallest absolute Gasteiger partial charge is 1.00 e. The average molecular weight is 107 g/mol. The minimum absolute atomic E-state index is 0. The quantitative estimate of drug-likeness (QED) is 0.321. The van der Waals surface area contributed by atoms with Gasteiger partial charge in [-0.1, -0.05) is 0 Å². The Labute approximate surface area is 41.1 Å². The van der Waals surface area contributed by atoms with Crippen molar-refractivity contribution in [1.82, 2.24) is 0 Å². The molecule has 0 radical (unpaired) electrons. The van der Waals surface area contributed by atoms with Crippen LogP contribution in [-0.4, -0.2) is 0 Å². The predicted molar refractivity (Wildman–Crippen MR) is 16.7 cm³/mol. The molecule has 0 heterocycles. The zero-order valence-corrected chi connectivity index (χ0v) is 5.67. The Morgan fingerprint density at radius 3 is 2.00 bits per heavy atom. The third-order valence-corrected chi connectivity index (χ3v) is 0. The molecule has 1 heteroatoms. The second-order valence-electron chi connectivity index (χ2n) is 0.289. The first kappa shape index (κ1) is 8.87. The number of hydrogen-bond acceptors (Lipinski definition) is 0. The van der Waals surface area contributed by atoms with Crippen LogP contribution in [0, 0.1) is 6.92 Å². The molecular formula is C3H6Zn. The molecule has 20 valence electrons. The van der Waals surface area contributed by atoms with E-state index in [2.05, 4.69) is 13.5 Å². The summed E-state index contributed by atoms with van der Waals surface area (Å²) in [4.78, 5) is 0. The van der Waals surface area contributed by atoms with E-state index in [1.54, 1.807) is 0 Å². The van der Waals surface area contributed by atoms with Crippen molar-refractivity contribution in [1.29, 1.82) is 0 Å². The molecule has 0 aromatic rings. The molecule has 0 spiro atoms. The van der Waals surface area contributed by atoms with Crippen molar-refractivity contribution >= 4 is 0 Å². The maximum absolute atomic E-state index is 3.25. The van der Waals surface area contributed by atoms with E-state index in [1.165, 1.54) is 6.08 Å². The molecule has 0 rings (SSSR count). The molecule has 0 unspecified atom stereocenters. The Morgan fingerprint density at radius 2 is 2.00 bits per heavy atom. The summed E-state index contributed by atoms with van der Waals surface area (Å²) in [6, 6.07) is 0. The van der Waals surface area contributed by atoms with E-state index < -0.39 is 0 Å².